The van der Waals surface area contributed by atoms with Crippen LogP contribution in [-0.2, 0) is 9.59 Å². The summed E-state index contributed by atoms with van der Waals surface area (Å²) in [6.07, 6.45) is 0. The second-order valence-electron chi connectivity index (χ2n) is 8.24. The van der Waals surface area contributed by atoms with Gasteiger partial charge in [0.25, 0.3) is 5.78 Å². The van der Waals surface area contributed by atoms with Gasteiger partial charge in [-0.15, -0.1) is 0 Å². The van der Waals surface area contributed by atoms with E-state index in [-0.39, 0.29) is 11.3 Å². The number of Topliss-reactive ketones (excluding diaryl/α,β-unsaturated/α-hetero) is 1. The molecule has 4 aromatic rings. The van der Waals surface area contributed by atoms with Crippen LogP contribution in [0.2, 0.25) is 0 Å². The van der Waals surface area contributed by atoms with E-state index in [9.17, 15) is 14.7 Å². The molecule has 0 aliphatic carbocycles. The van der Waals surface area contributed by atoms with Crippen molar-refractivity contribution >= 4 is 60.1 Å². The van der Waals surface area contributed by atoms with Crippen molar-refractivity contribution in [3.05, 3.63) is 87.9 Å². The lowest BCUT2D eigenvalue weighted by Gasteiger charge is -2.23. The fraction of sp³-hybridized carbons (Fsp3) is 0.179. The molecule has 2 heterocycles. The lowest BCUT2D eigenvalue weighted by Crippen LogP contribution is -2.29. The molecule has 37 heavy (non-hydrogen) atoms. The minimum Gasteiger partial charge on any atom is -0.507 e. The van der Waals surface area contributed by atoms with Gasteiger partial charge in [-0.25, -0.2) is 4.98 Å². The second-order valence-corrected chi connectivity index (χ2v) is 10.2. The number of aliphatic hydroxyl groups is 1. The van der Waals surface area contributed by atoms with Crippen LogP contribution < -0.4 is 14.4 Å². The van der Waals surface area contributed by atoms with Crippen molar-refractivity contribution in [2.75, 3.05) is 18.1 Å². The normalized spacial score (nSPS) is 16.9. The SMILES string of the molecule is CCOc1cccc(/C(O)=C2\C(=O)C(=O)N(c3nc4ccc(OCC)cc4s3)C2c2ccc(Br)cc2)c1. The first-order valence-electron chi connectivity index (χ1n) is 11.7. The van der Waals surface area contributed by atoms with Crippen molar-refractivity contribution in [3.63, 3.8) is 0 Å². The molecular formula is C28H23BrN2O5S. The fourth-order valence-corrected chi connectivity index (χ4v) is 5.58. The van der Waals surface area contributed by atoms with Crippen LogP contribution >= 0.6 is 27.3 Å². The van der Waals surface area contributed by atoms with Crippen LogP contribution in [0.25, 0.3) is 16.0 Å². The number of fused-ring (bicyclic) bond motifs is 1. The number of halogens is 1. The number of benzene rings is 3. The fourth-order valence-electron chi connectivity index (χ4n) is 4.30. The van der Waals surface area contributed by atoms with Gasteiger partial charge in [0.05, 0.1) is 35.0 Å². The summed E-state index contributed by atoms with van der Waals surface area (Å²) in [7, 11) is 0. The van der Waals surface area contributed by atoms with E-state index in [0.717, 1.165) is 9.17 Å². The monoisotopic (exact) mass is 578 g/mol. The van der Waals surface area contributed by atoms with Gasteiger partial charge >= 0.3 is 5.91 Å². The Labute approximate surface area is 226 Å². The van der Waals surface area contributed by atoms with E-state index < -0.39 is 17.7 Å². The standard InChI is InChI=1S/C28H23BrN2O5S/c1-3-35-19-7-5-6-17(14-19)25(32)23-24(16-8-10-18(29)11-9-16)31(27(34)26(23)33)28-30-21-13-12-20(36-4-2)15-22(21)37-28/h5-15,24,32H,3-4H2,1-2H3/b25-23+. The van der Waals surface area contributed by atoms with E-state index in [4.69, 9.17) is 9.47 Å². The smallest absolute Gasteiger partial charge is 0.301 e. The zero-order valence-corrected chi connectivity index (χ0v) is 22.5. The number of nitrogens with zero attached hydrogens (tertiary/aromatic N) is 2. The van der Waals surface area contributed by atoms with Crippen molar-refractivity contribution in [1.82, 2.24) is 4.98 Å². The number of carbonyl (C=O) groups is 2. The Balaban J connectivity index is 1.68. The molecule has 1 aliphatic heterocycles. The van der Waals surface area contributed by atoms with Crippen LogP contribution in [0.1, 0.15) is 31.0 Å². The zero-order chi connectivity index (χ0) is 26.1. The highest BCUT2D eigenvalue weighted by atomic mass is 79.9. The molecule has 7 nitrogen and oxygen atoms in total. The van der Waals surface area contributed by atoms with Crippen molar-refractivity contribution in [3.8, 4) is 11.5 Å². The molecule has 3 aromatic carbocycles. The number of ether oxygens (including phenoxy) is 2. The maximum absolute atomic E-state index is 13.5. The molecule has 1 N–H and O–H groups in total. The Bertz CT molecular complexity index is 1530. The third-order valence-electron chi connectivity index (χ3n) is 5.91. The number of hydrogen-bond acceptors (Lipinski definition) is 7. The van der Waals surface area contributed by atoms with Crippen molar-refractivity contribution in [2.24, 2.45) is 0 Å². The van der Waals surface area contributed by atoms with Gasteiger partial charge in [-0.1, -0.05) is 51.5 Å². The molecule has 1 atom stereocenters. The number of hydrogen-bond donors (Lipinski definition) is 1. The van der Waals surface area contributed by atoms with Crippen LogP contribution in [0.5, 0.6) is 11.5 Å². The Morgan fingerprint density at radius 1 is 1.00 bits per heavy atom. The van der Waals surface area contributed by atoms with Gasteiger partial charge in [-0.05, 0) is 61.9 Å². The summed E-state index contributed by atoms with van der Waals surface area (Å²) in [5, 5.41) is 11.7. The average molecular weight is 579 g/mol. The van der Waals surface area contributed by atoms with Gasteiger partial charge < -0.3 is 14.6 Å². The lowest BCUT2D eigenvalue weighted by atomic mass is 9.95. The minimum atomic E-state index is -0.865. The molecule has 9 heteroatoms. The van der Waals surface area contributed by atoms with Crippen LogP contribution in [0.15, 0.2) is 76.8 Å². The summed E-state index contributed by atoms with van der Waals surface area (Å²) in [5.41, 5.74) is 1.73. The van der Waals surface area contributed by atoms with Crippen LogP contribution in [-0.4, -0.2) is 35.0 Å². The van der Waals surface area contributed by atoms with Gasteiger partial charge in [0, 0.05) is 10.0 Å². The summed E-state index contributed by atoms with van der Waals surface area (Å²) >= 11 is 4.73. The summed E-state index contributed by atoms with van der Waals surface area (Å²) in [6.45, 7) is 4.75. The van der Waals surface area contributed by atoms with Crippen molar-refractivity contribution in [2.45, 2.75) is 19.9 Å². The summed E-state index contributed by atoms with van der Waals surface area (Å²) in [4.78, 5) is 32.9. The number of carbonyl (C=O) groups excluding carboxylic acids is 2. The number of aromatic nitrogens is 1. The Kier molecular flexibility index (Phi) is 6.99. The number of aliphatic hydroxyl groups excluding tert-OH is 1. The van der Waals surface area contributed by atoms with Crippen LogP contribution in [0, 0.1) is 0 Å². The molecule has 1 saturated heterocycles. The lowest BCUT2D eigenvalue weighted by molar-refractivity contribution is -0.132. The average Bonchev–Trinajstić information content (AvgIpc) is 3.42. The van der Waals surface area contributed by atoms with E-state index in [1.165, 1.54) is 16.2 Å². The largest absolute Gasteiger partial charge is 0.507 e. The highest BCUT2D eigenvalue weighted by Crippen LogP contribution is 2.45. The third-order valence-corrected chi connectivity index (χ3v) is 7.46. The number of thiazole rings is 1. The predicted molar refractivity (Wildman–Crippen MR) is 147 cm³/mol. The molecule has 0 bridgehead atoms. The molecule has 1 aliphatic rings. The Hall–Kier alpha value is -3.69. The van der Waals surface area contributed by atoms with E-state index in [0.29, 0.717) is 46.5 Å². The first kappa shape index (κ1) is 25.0. The molecule has 1 aromatic heterocycles. The van der Waals surface area contributed by atoms with Gasteiger partial charge in [0.1, 0.15) is 17.3 Å². The van der Waals surface area contributed by atoms with Crippen molar-refractivity contribution in [1.29, 1.82) is 0 Å². The molecule has 1 unspecified atom stereocenters. The number of rotatable bonds is 7. The quantitative estimate of drug-likeness (QED) is 0.153. The van der Waals surface area contributed by atoms with E-state index in [1.807, 2.05) is 56.3 Å². The summed E-state index contributed by atoms with van der Waals surface area (Å²) < 4.78 is 12.8. The molecule has 1 amide bonds. The summed E-state index contributed by atoms with van der Waals surface area (Å²) in [5.74, 6) is -0.542. The second kappa shape index (κ2) is 10.4. The maximum Gasteiger partial charge on any atom is 0.301 e. The molecule has 188 valence electrons. The van der Waals surface area contributed by atoms with Crippen molar-refractivity contribution < 1.29 is 24.2 Å². The first-order chi connectivity index (χ1) is 17.9. The molecular weight excluding hydrogens is 556 g/mol. The zero-order valence-electron chi connectivity index (χ0n) is 20.1. The Morgan fingerprint density at radius 2 is 1.70 bits per heavy atom. The van der Waals surface area contributed by atoms with E-state index in [1.54, 1.807) is 24.3 Å². The number of ketones is 1. The highest BCUT2D eigenvalue weighted by molar-refractivity contribution is 9.10. The number of amides is 1. The van der Waals surface area contributed by atoms with Gasteiger partial charge in [-0.2, -0.15) is 0 Å². The van der Waals surface area contributed by atoms with E-state index >= 15 is 0 Å². The van der Waals surface area contributed by atoms with Crippen LogP contribution in [0.3, 0.4) is 0 Å². The number of anilines is 1. The molecule has 5 rings (SSSR count). The molecule has 0 spiro atoms. The highest BCUT2D eigenvalue weighted by Gasteiger charge is 2.48. The maximum atomic E-state index is 13.5. The van der Waals surface area contributed by atoms with Crippen LogP contribution in [0.4, 0.5) is 5.13 Å². The van der Waals surface area contributed by atoms with Gasteiger partial charge in [0.15, 0.2) is 5.13 Å². The first-order valence-corrected chi connectivity index (χ1v) is 13.3. The minimum absolute atomic E-state index is 0.00441. The topological polar surface area (TPSA) is 89.0 Å². The molecule has 1 fully saturated rings. The predicted octanol–water partition coefficient (Wildman–Crippen LogP) is 6.48. The van der Waals surface area contributed by atoms with Gasteiger partial charge in [0.2, 0.25) is 0 Å². The molecule has 0 saturated carbocycles. The Morgan fingerprint density at radius 3 is 2.41 bits per heavy atom. The molecule has 0 radical (unpaired) electrons. The third kappa shape index (κ3) is 4.72. The van der Waals surface area contributed by atoms with Gasteiger partial charge in [-0.3, -0.25) is 14.5 Å². The summed E-state index contributed by atoms with van der Waals surface area (Å²) in [6, 6.07) is 18.8. The van der Waals surface area contributed by atoms with E-state index in [2.05, 4.69) is 20.9 Å².